The minimum Gasteiger partial charge on any atom is -0.456 e. The fraction of sp³-hybridized carbons (Fsp3) is 0.447. The van der Waals surface area contributed by atoms with E-state index in [4.69, 9.17) is 23.7 Å². The number of aliphatic hydroxyl groups is 2. The number of azide groups is 1. The van der Waals surface area contributed by atoms with Gasteiger partial charge in [-0.3, -0.25) is 19.2 Å². The summed E-state index contributed by atoms with van der Waals surface area (Å²) in [5, 5.41) is 32.2. The summed E-state index contributed by atoms with van der Waals surface area (Å²) in [5.74, 6) is -6.72. The van der Waals surface area contributed by atoms with E-state index >= 15 is 4.79 Å². The van der Waals surface area contributed by atoms with Gasteiger partial charge in [0.15, 0.2) is 23.6 Å². The molecule has 1 aliphatic heterocycles. The lowest BCUT2D eigenvalue weighted by atomic mass is 9.44. The van der Waals surface area contributed by atoms with Crippen LogP contribution in [0.5, 0.6) is 0 Å². The molecule has 17 heteroatoms. The Morgan fingerprint density at radius 3 is 2.00 bits per heavy atom. The van der Waals surface area contributed by atoms with Gasteiger partial charge >= 0.3 is 23.9 Å². The van der Waals surface area contributed by atoms with E-state index in [1.807, 2.05) is 0 Å². The first-order chi connectivity index (χ1) is 30.3. The highest BCUT2D eigenvalue weighted by atomic mass is 16.6. The molecule has 3 aliphatic carbocycles. The molecule has 0 radical (unpaired) electrons. The highest BCUT2D eigenvalue weighted by Gasteiger charge is 2.78. The van der Waals surface area contributed by atoms with Crippen LogP contribution < -0.4 is 5.32 Å². The van der Waals surface area contributed by atoms with Gasteiger partial charge in [0.05, 0.1) is 30.2 Å². The number of esters is 4. The van der Waals surface area contributed by atoms with Gasteiger partial charge in [0.25, 0.3) is 5.91 Å². The maximum absolute atomic E-state index is 15.6. The summed E-state index contributed by atoms with van der Waals surface area (Å²) in [6, 6.07) is 21.8. The van der Waals surface area contributed by atoms with Crippen molar-refractivity contribution in [3.8, 4) is 0 Å². The topological polar surface area (TPSA) is 250 Å². The number of ether oxygens (including phenoxy) is 5. The number of fused-ring (bicyclic) bond motifs is 5. The molecule has 2 saturated carbocycles. The normalized spacial score (nSPS) is 31.0. The van der Waals surface area contributed by atoms with Gasteiger partial charge in [-0.15, -0.1) is 0 Å². The molecular formula is C47H50N4O13. The first-order valence-corrected chi connectivity index (χ1v) is 20.9. The summed E-state index contributed by atoms with van der Waals surface area (Å²) < 4.78 is 30.5. The zero-order chi connectivity index (χ0) is 46.4. The molecule has 336 valence electrons. The molecule has 0 aromatic heterocycles. The molecule has 64 heavy (non-hydrogen) atoms. The first-order valence-electron chi connectivity index (χ1n) is 20.9. The lowest BCUT2D eigenvalue weighted by Crippen LogP contribution is -2.81. The third-order valence-corrected chi connectivity index (χ3v) is 13.5. The Morgan fingerprint density at radius 2 is 1.45 bits per heavy atom. The number of amides is 1. The van der Waals surface area contributed by atoms with Crippen molar-refractivity contribution >= 4 is 35.6 Å². The monoisotopic (exact) mass is 878 g/mol. The predicted octanol–water partition coefficient (Wildman–Crippen LogP) is 5.05. The second-order valence-corrected chi connectivity index (χ2v) is 17.6. The summed E-state index contributed by atoms with van der Waals surface area (Å²) in [7, 11) is 0. The largest absolute Gasteiger partial charge is 0.456 e. The summed E-state index contributed by atoms with van der Waals surface area (Å²) in [6.45, 7) is 8.01. The number of hydrogen-bond donors (Lipinski definition) is 3. The number of ketones is 1. The molecule has 0 unspecified atom stereocenters. The third kappa shape index (κ3) is 7.72. The lowest BCUT2D eigenvalue weighted by molar-refractivity contribution is -0.336. The highest BCUT2D eigenvalue weighted by molar-refractivity contribution is 5.96. The Morgan fingerprint density at radius 1 is 0.859 bits per heavy atom. The Hall–Kier alpha value is -6.39. The fourth-order valence-corrected chi connectivity index (χ4v) is 10.5. The average molecular weight is 879 g/mol. The smallest absolute Gasteiger partial charge is 0.338 e. The molecule has 3 aromatic carbocycles. The second kappa shape index (κ2) is 17.3. The third-order valence-electron chi connectivity index (χ3n) is 13.5. The number of Topliss-reactive ketones (excluding diaryl/α,β-unsaturated/α-hetero) is 1. The van der Waals surface area contributed by atoms with Gasteiger partial charge in [-0.25, -0.2) is 9.59 Å². The van der Waals surface area contributed by atoms with Crippen LogP contribution in [0.4, 0.5) is 0 Å². The van der Waals surface area contributed by atoms with Crippen LogP contribution in [0.3, 0.4) is 0 Å². The molecule has 1 saturated heterocycles. The minimum absolute atomic E-state index is 0.0139. The minimum atomic E-state index is -2.38. The van der Waals surface area contributed by atoms with Crippen LogP contribution in [-0.4, -0.2) is 100 Å². The van der Waals surface area contributed by atoms with Gasteiger partial charge in [0.1, 0.15) is 23.9 Å². The maximum atomic E-state index is 15.6. The molecule has 11 atom stereocenters. The average Bonchev–Trinajstić information content (AvgIpc) is 3.25. The number of rotatable bonds is 11. The molecule has 2 bridgehead atoms. The predicted molar refractivity (Wildman–Crippen MR) is 225 cm³/mol. The molecule has 7 rings (SSSR count). The molecule has 3 aromatic rings. The number of benzene rings is 3. The fourth-order valence-electron chi connectivity index (χ4n) is 10.5. The van der Waals surface area contributed by atoms with Gasteiger partial charge < -0.3 is 39.2 Å². The van der Waals surface area contributed by atoms with Crippen molar-refractivity contribution in [1.29, 1.82) is 0 Å². The van der Waals surface area contributed by atoms with Crippen LogP contribution in [0, 0.1) is 16.7 Å². The quantitative estimate of drug-likeness (QED) is 0.0570. The van der Waals surface area contributed by atoms with Crippen molar-refractivity contribution in [2.45, 2.75) is 108 Å². The Balaban J connectivity index is 1.40. The van der Waals surface area contributed by atoms with Crippen LogP contribution in [0.1, 0.15) is 86.7 Å². The number of hydrogen-bond acceptors (Lipinski definition) is 14. The van der Waals surface area contributed by atoms with E-state index in [0.29, 0.717) is 5.56 Å². The van der Waals surface area contributed by atoms with E-state index in [2.05, 4.69) is 15.3 Å². The number of carbonyl (C=O) groups is 6. The van der Waals surface area contributed by atoms with Crippen molar-refractivity contribution in [3.05, 3.63) is 129 Å². The highest BCUT2D eigenvalue weighted by Crippen LogP contribution is 2.65. The Kier molecular flexibility index (Phi) is 12.3. The van der Waals surface area contributed by atoms with Crippen molar-refractivity contribution < 1.29 is 62.7 Å². The van der Waals surface area contributed by atoms with Gasteiger partial charge in [0.2, 0.25) is 0 Å². The molecule has 17 nitrogen and oxygen atoms in total. The Bertz CT molecular complexity index is 2420. The van der Waals surface area contributed by atoms with E-state index in [1.165, 1.54) is 26.0 Å². The number of nitrogens with one attached hydrogen (secondary N) is 1. The number of carbonyl (C=O) groups excluding carboxylic acids is 6. The molecule has 4 aliphatic rings. The molecule has 3 N–H and O–H groups in total. The molecule has 1 amide bonds. The van der Waals surface area contributed by atoms with Gasteiger partial charge in [-0.05, 0) is 59.9 Å². The van der Waals surface area contributed by atoms with Crippen LogP contribution in [0.2, 0.25) is 0 Å². The molecule has 0 spiro atoms. The molecule has 3 fully saturated rings. The van der Waals surface area contributed by atoms with E-state index in [9.17, 15) is 39.7 Å². The first kappa shape index (κ1) is 45.6. The van der Waals surface area contributed by atoms with Gasteiger partial charge in [-0.1, -0.05) is 92.6 Å². The van der Waals surface area contributed by atoms with Crippen molar-refractivity contribution in [2.75, 3.05) is 6.61 Å². The summed E-state index contributed by atoms with van der Waals surface area (Å²) in [4.78, 5) is 87.0. The second-order valence-electron chi connectivity index (χ2n) is 17.6. The zero-order valence-corrected chi connectivity index (χ0v) is 36.1. The van der Waals surface area contributed by atoms with Crippen molar-refractivity contribution in [1.82, 2.24) is 5.32 Å². The van der Waals surface area contributed by atoms with E-state index in [-0.39, 0.29) is 35.3 Å². The maximum Gasteiger partial charge on any atom is 0.338 e. The summed E-state index contributed by atoms with van der Waals surface area (Å²) >= 11 is 0. The van der Waals surface area contributed by atoms with Crippen molar-refractivity contribution in [2.24, 2.45) is 21.9 Å². The van der Waals surface area contributed by atoms with Crippen molar-refractivity contribution in [3.63, 3.8) is 0 Å². The van der Waals surface area contributed by atoms with Crippen LogP contribution in [0.25, 0.3) is 10.4 Å². The molecule has 1 heterocycles. The SMILES string of the molecule is CC(=O)O[C@H]1C(=O)[C@]2(C)C[C@@H](N=[N+]=[N-])[C@H]3OC[C@@]3(OC(C)=O)[C@H]2[C@H](OC(=O)c2ccccc2)[C@]2(O)C[C@H](OC(=O)[C@H](O)[C@@H](NC(=O)c3ccccc3)c3ccccc3)C(C)=C1C2(C)C. The molecular weight excluding hydrogens is 829 g/mol. The van der Waals surface area contributed by atoms with E-state index in [1.54, 1.807) is 92.7 Å². The zero-order valence-electron chi connectivity index (χ0n) is 36.1. The van der Waals surface area contributed by atoms with E-state index < -0.39 is 113 Å². The van der Waals surface area contributed by atoms with Crippen LogP contribution >= 0.6 is 0 Å². The van der Waals surface area contributed by atoms with Gasteiger partial charge in [0, 0.05) is 41.6 Å². The van der Waals surface area contributed by atoms with Crippen LogP contribution in [0.15, 0.2) is 107 Å². The van der Waals surface area contributed by atoms with Gasteiger partial charge in [-0.2, -0.15) is 0 Å². The lowest BCUT2D eigenvalue weighted by Gasteiger charge is -2.67. The number of aliphatic hydroxyl groups excluding tert-OH is 1. The van der Waals surface area contributed by atoms with Crippen LogP contribution in [-0.2, 0) is 42.9 Å². The van der Waals surface area contributed by atoms with E-state index in [0.717, 1.165) is 13.8 Å². The summed E-state index contributed by atoms with van der Waals surface area (Å²) in [5.41, 5.74) is 2.77. The summed E-state index contributed by atoms with van der Waals surface area (Å²) in [6.07, 6.45) is -9.13. The standard InChI is InChI=1S/C47H50N4O13/c1-25-32(62-43(58)35(54)34(28-16-10-7-11-17-28)49-41(56)29-18-12-8-13-19-29)23-47(59)40(63-42(57)30-20-14-9-15-21-30)37-45(6,38(55)36(61-26(2)52)33(25)44(47,4)5)22-31(50-51-48)39-46(37,24-60-39)64-27(3)53/h7-21,31-32,34-37,39-40,54,59H,22-24H2,1-6H3,(H,49,56)/t31-,32+,34+,35-,36-,37+,39-,40+,45-,46-,47-/m1/s1. The Labute approximate surface area is 368 Å². The number of nitrogens with zero attached hydrogens (tertiary/aromatic N) is 3.